The number of carbonyl (C=O) groups is 1. The van der Waals surface area contributed by atoms with Crippen LogP contribution in [0.3, 0.4) is 0 Å². The predicted octanol–water partition coefficient (Wildman–Crippen LogP) is 6.58. The zero-order valence-electron chi connectivity index (χ0n) is 22.2. The molecule has 1 aromatic heterocycles. The van der Waals surface area contributed by atoms with Gasteiger partial charge in [-0.05, 0) is 67.1 Å². The van der Waals surface area contributed by atoms with Gasteiger partial charge in [-0.1, -0.05) is 82.3 Å². The lowest BCUT2D eigenvalue weighted by Crippen LogP contribution is -2.42. The van der Waals surface area contributed by atoms with Crippen LogP contribution in [0.25, 0.3) is 0 Å². The number of allylic oxidation sites excluding steroid dienone is 3. The molecule has 192 valence electrons. The first-order chi connectivity index (χ1) is 17.4. The lowest BCUT2D eigenvalue weighted by atomic mass is 9.65. The lowest BCUT2D eigenvalue weighted by Gasteiger charge is -2.43. The second-order valence-electron chi connectivity index (χ2n) is 10.7. The molecule has 0 spiro atoms. The lowest BCUT2D eigenvalue weighted by molar-refractivity contribution is -0.159. The molecule has 1 heterocycles. The predicted molar refractivity (Wildman–Crippen MR) is 146 cm³/mol. The van der Waals surface area contributed by atoms with Crippen molar-refractivity contribution in [3.8, 4) is 0 Å². The van der Waals surface area contributed by atoms with Gasteiger partial charge < -0.3 is 9.30 Å². The molecule has 4 rings (SSSR count). The van der Waals surface area contributed by atoms with Crippen LogP contribution in [0, 0.1) is 29.6 Å². The zero-order valence-corrected chi connectivity index (χ0v) is 22.2. The summed E-state index contributed by atoms with van der Waals surface area (Å²) in [5, 5.41) is 0. The van der Waals surface area contributed by atoms with E-state index >= 15 is 0 Å². The van der Waals surface area contributed by atoms with Gasteiger partial charge in [0, 0.05) is 17.7 Å². The summed E-state index contributed by atoms with van der Waals surface area (Å²) >= 11 is 0. The molecule has 0 fully saturated rings. The fraction of sp³-hybridized carbons (Fsp3) is 0.500. The molecule has 0 aliphatic heterocycles. The molecule has 36 heavy (non-hydrogen) atoms. The molecule has 0 radical (unpaired) electrons. The van der Waals surface area contributed by atoms with Crippen LogP contribution in [0.5, 0.6) is 0 Å². The number of benzene rings is 1. The van der Waals surface area contributed by atoms with Crippen LogP contribution < -0.4 is 5.56 Å². The van der Waals surface area contributed by atoms with Crippen molar-refractivity contribution in [3.63, 3.8) is 0 Å². The van der Waals surface area contributed by atoms with Crippen LogP contribution in [0.1, 0.15) is 64.6 Å². The molecule has 2 aliphatic rings. The standard InChI is InChI=1S/C32H41NO3/c1-5-25(6-2)32(35)36-29-20-22(3)19-26-16-15-23(4)28(31(26)29)18-17-27-13-10-14-30(34)33(27)21-24-11-8-7-9-12-24/h7-16,19,22-23,25,28-29,31H,5-6,17-18,20-21H2,1-4H3. The Labute approximate surface area is 216 Å². The second-order valence-corrected chi connectivity index (χ2v) is 10.7. The largest absolute Gasteiger partial charge is 0.461 e. The van der Waals surface area contributed by atoms with Gasteiger partial charge in [0.2, 0.25) is 0 Å². The summed E-state index contributed by atoms with van der Waals surface area (Å²) in [5.41, 5.74) is 3.54. The Morgan fingerprint density at radius 3 is 2.53 bits per heavy atom. The minimum absolute atomic E-state index is 0.0265. The quantitative estimate of drug-likeness (QED) is 0.375. The van der Waals surface area contributed by atoms with Gasteiger partial charge in [-0.2, -0.15) is 0 Å². The number of hydrogen-bond acceptors (Lipinski definition) is 3. The van der Waals surface area contributed by atoms with E-state index < -0.39 is 0 Å². The van der Waals surface area contributed by atoms with E-state index in [9.17, 15) is 9.59 Å². The number of aromatic nitrogens is 1. The molecule has 4 heteroatoms. The van der Waals surface area contributed by atoms with E-state index in [-0.39, 0.29) is 29.5 Å². The van der Waals surface area contributed by atoms with Gasteiger partial charge in [-0.15, -0.1) is 0 Å². The number of nitrogens with zero attached hydrogens (tertiary/aromatic N) is 1. The summed E-state index contributed by atoms with van der Waals surface area (Å²) in [5.74, 6) is 1.26. The molecule has 0 N–H and O–H groups in total. The number of ether oxygens (including phenoxy) is 1. The number of hydrogen-bond donors (Lipinski definition) is 0. The van der Waals surface area contributed by atoms with Gasteiger partial charge in [0.15, 0.2) is 0 Å². The Kier molecular flexibility index (Phi) is 8.66. The maximum atomic E-state index is 13.0. The Hall–Kier alpha value is -2.88. The highest BCUT2D eigenvalue weighted by atomic mass is 16.5. The molecule has 0 bridgehead atoms. The van der Waals surface area contributed by atoms with Crippen molar-refractivity contribution in [2.45, 2.75) is 72.4 Å². The third kappa shape index (κ3) is 5.91. The molecule has 0 saturated heterocycles. The summed E-state index contributed by atoms with van der Waals surface area (Å²) in [4.78, 5) is 25.8. The van der Waals surface area contributed by atoms with Crippen molar-refractivity contribution in [1.29, 1.82) is 0 Å². The van der Waals surface area contributed by atoms with Crippen molar-refractivity contribution < 1.29 is 9.53 Å². The normalized spacial score (nSPS) is 25.4. The molecule has 0 amide bonds. The van der Waals surface area contributed by atoms with Crippen LogP contribution in [0.15, 0.2) is 77.1 Å². The van der Waals surface area contributed by atoms with Crippen molar-refractivity contribution in [2.24, 2.45) is 29.6 Å². The molecule has 0 saturated carbocycles. The first-order valence-electron chi connectivity index (χ1n) is 13.7. The summed E-state index contributed by atoms with van der Waals surface area (Å²) in [6.07, 6.45) is 11.1. The first-order valence-corrected chi connectivity index (χ1v) is 13.7. The summed E-state index contributed by atoms with van der Waals surface area (Å²) in [6, 6.07) is 15.8. The summed E-state index contributed by atoms with van der Waals surface area (Å²) < 4.78 is 8.16. The summed E-state index contributed by atoms with van der Waals surface area (Å²) in [6.45, 7) is 9.20. The Morgan fingerprint density at radius 2 is 1.81 bits per heavy atom. The van der Waals surface area contributed by atoms with Crippen molar-refractivity contribution in [1.82, 2.24) is 4.57 Å². The fourth-order valence-corrected chi connectivity index (χ4v) is 6.13. The monoisotopic (exact) mass is 487 g/mol. The zero-order chi connectivity index (χ0) is 25.7. The minimum atomic E-state index is -0.0900. The van der Waals surface area contributed by atoms with Crippen molar-refractivity contribution >= 4 is 5.97 Å². The van der Waals surface area contributed by atoms with Gasteiger partial charge in [-0.3, -0.25) is 9.59 Å². The van der Waals surface area contributed by atoms with E-state index in [2.05, 4.69) is 64.1 Å². The van der Waals surface area contributed by atoms with Crippen LogP contribution >= 0.6 is 0 Å². The molecule has 1 aromatic carbocycles. The third-order valence-electron chi connectivity index (χ3n) is 8.24. The average Bonchev–Trinajstić information content (AvgIpc) is 2.86. The van der Waals surface area contributed by atoms with Gasteiger partial charge in [-0.25, -0.2) is 0 Å². The number of rotatable bonds is 9. The molecule has 4 nitrogen and oxygen atoms in total. The molecule has 2 aromatic rings. The van der Waals surface area contributed by atoms with E-state index in [1.807, 2.05) is 28.8 Å². The van der Waals surface area contributed by atoms with E-state index in [1.165, 1.54) is 5.57 Å². The topological polar surface area (TPSA) is 48.3 Å². The summed E-state index contributed by atoms with van der Waals surface area (Å²) in [7, 11) is 0. The Morgan fingerprint density at radius 1 is 1.06 bits per heavy atom. The highest BCUT2D eigenvalue weighted by Gasteiger charge is 2.41. The SMILES string of the molecule is CCC(CC)C(=O)OC1CC(C)C=C2C=CC(C)C(CCc3cccc(=O)n3Cc3ccccc3)C21. The third-order valence-corrected chi connectivity index (χ3v) is 8.24. The van der Waals surface area contributed by atoms with E-state index in [1.54, 1.807) is 6.07 Å². The Balaban J connectivity index is 1.57. The maximum Gasteiger partial charge on any atom is 0.309 e. The number of carbonyl (C=O) groups excluding carboxylic acids is 1. The molecular formula is C32H41NO3. The van der Waals surface area contributed by atoms with Crippen LogP contribution in [-0.4, -0.2) is 16.6 Å². The Bertz CT molecular complexity index is 1140. The first kappa shape index (κ1) is 26.2. The maximum absolute atomic E-state index is 13.0. The average molecular weight is 488 g/mol. The van der Waals surface area contributed by atoms with Gasteiger partial charge in [0.25, 0.3) is 5.56 Å². The molecule has 5 atom stereocenters. The fourth-order valence-electron chi connectivity index (χ4n) is 6.13. The number of esters is 1. The highest BCUT2D eigenvalue weighted by Crippen LogP contribution is 2.44. The van der Waals surface area contributed by atoms with Gasteiger partial charge in [0.1, 0.15) is 6.10 Å². The smallest absolute Gasteiger partial charge is 0.309 e. The van der Waals surface area contributed by atoms with Crippen molar-refractivity contribution in [2.75, 3.05) is 0 Å². The van der Waals surface area contributed by atoms with E-state index in [4.69, 9.17) is 4.74 Å². The van der Waals surface area contributed by atoms with Crippen LogP contribution in [0.4, 0.5) is 0 Å². The highest BCUT2D eigenvalue weighted by molar-refractivity contribution is 5.72. The van der Waals surface area contributed by atoms with Crippen LogP contribution in [-0.2, 0) is 22.5 Å². The second kappa shape index (κ2) is 11.9. The van der Waals surface area contributed by atoms with Crippen LogP contribution in [0.2, 0.25) is 0 Å². The molecule has 2 aliphatic carbocycles. The minimum Gasteiger partial charge on any atom is -0.461 e. The van der Waals surface area contributed by atoms with Gasteiger partial charge in [0.05, 0.1) is 12.5 Å². The van der Waals surface area contributed by atoms with Crippen molar-refractivity contribution in [3.05, 3.63) is 93.9 Å². The number of aryl methyl sites for hydroxylation is 1. The van der Waals surface area contributed by atoms with Gasteiger partial charge >= 0.3 is 5.97 Å². The van der Waals surface area contributed by atoms with E-state index in [0.29, 0.717) is 24.3 Å². The van der Waals surface area contributed by atoms with E-state index in [0.717, 1.165) is 43.4 Å². The molecule has 5 unspecified atom stereocenters. The number of fused-ring (bicyclic) bond motifs is 1. The molecular weight excluding hydrogens is 446 g/mol. The number of pyridine rings is 1.